The van der Waals surface area contributed by atoms with Crippen LogP contribution in [0.15, 0.2) is 66.7 Å². The van der Waals surface area contributed by atoms with E-state index in [0.29, 0.717) is 22.3 Å². The van der Waals surface area contributed by atoms with Gasteiger partial charge in [0.15, 0.2) is 0 Å². The number of amides is 1. The van der Waals surface area contributed by atoms with Crippen LogP contribution in [-0.4, -0.2) is 28.4 Å². The average Bonchev–Trinajstić information content (AvgIpc) is 2.76. The second-order valence-corrected chi connectivity index (χ2v) is 7.91. The van der Waals surface area contributed by atoms with Crippen LogP contribution in [0.3, 0.4) is 0 Å². The van der Waals surface area contributed by atoms with Crippen molar-refractivity contribution in [2.75, 3.05) is 6.54 Å². The summed E-state index contributed by atoms with van der Waals surface area (Å²) >= 11 is 6.17. The number of hydrogen-bond acceptors (Lipinski definition) is 2. The molecule has 33 heavy (non-hydrogen) atoms. The van der Waals surface area contributed by atoms with E-state index in [0.717, 1.165) is 12.1 Å². The maximum Gasteiger partial charge on any atom is 0.416 e. The molecule has 0 atom stereocenters. The fraction of sp³-hybridized carbons (Fsp3) is 0.200. The minimum Gasteiger partial charge on any atom is -0.481 e. The Morgan fingerprint density at radius 3 is 2.30 bits per heavy atom. The van der Waals surface area contributed by atoms with E-state index in [4.69, 9.17) is 16.7 Å². The van der Waals surface area contributed by atoms with Crippen molar-refractivity contribution >= 4 is 23.5 Å². The molecule has 0 bridgehead atoms. The van der Waals surface area contributed by atoms with Gasteiger partial charge in [-0.3, -0.25) is 9.59 Å². The summed E-state index contributed by atoms with van der Waals surface area (Å²) < 4.78 is 40.3. The molecule has 0 heterocycles. The first-order chi connectivity index (χ1) is 15.6. The molecule has 172 valence electrons. The summed E-state index contributed by atoms with van der Waals surface area (Å²) in [7, 11) is 0. The van der Waals surface area contributed by atoms with E-state index in [1.165, 1.54) is 17.0 Å². The Balaban J connectivity index is 2.08. The van der Waals surface area contributed by atoms with E-state index in [1.807, 2.05) is 0 Å². The molecule has 3 rings (SSSR count). The summed E-state index contributed by atoms with van der Waals surface area (Å²) in [5.74, 6) is -1.36. The van der Waals surface area contributed by atoms with Crippen molar-refractivity contribution in [1.82, 2.24) is 4.90 Å². The zero-order chi connectivity index (χ0) is 24.2. The lowest BCUT2D eigenvalue weighted by Crippen LogP contribution is -2.30. The number of hydrogen-bond donors (Lipinski definition) is 1. The van der Waals surface area contributed by atoms with Crippen molar-refractivity contribution < 1.29 is 27.9 Å². The lowest BCUT2D eigenvalue weighted by atomic mass is 9.95. The molecule has 3 aromatic carbocycles. The third kappa shape index (κ3) is 6.14. The number of carbonyl (C=O) groups is 2. The van der Waals surface area contributed by atoms with Gasteiger partial charge in [0.2, 0.25) is 0 Å². The monoisotopic (exact) mass is 475 g/mol. The number of benzene rings is 3. The fourth-order valence-corrected chi connectivity index (χ4v) is 3.82. The fourth-order valence-electron chi connectivity index (χ4n) is 3.56. The van der Waals surface area contributed by atoms with Gasteiger partial charge in [-0.15, -0.1) is 0 Å². The highest BCUT2D eigenvalue weighted by atomic mass is 35.5. The molecular weight excluding hydrogens is 455 g/mol. The average molecular weight is 476 g/mol. The van der Waals surface area contributed by atoms with Crippen molar-refractivity contribution in [3.05, 3.63) is 94.0 Å². The first-order valence-electron chi connectivity index (χ1n) is 10.1. The Hall–Kier alpha value is -3.32. The van der Waals surface area contributed by atoms with E-state index < -0.39 is 17.7 Å². The van der Waals surface area contributed by atoms with Gasteiger partial charge >= 0.3 is 12.1 Å². The van der Waals surface area contributed by atoms with Crippen molar-refractivity contribution in [1.29, 1.82) is 0 Å². The second-order valence-electron chi connectivity index (χ2n) is 7.47. The molecule has 1 amide bonds. The highest BCUT2D eigenvalue weighted by Gasteiger charge is 2.31. The molecule has 1 N–H and O–H groups in total. The van der Waals surface area contributed by atoms with Crippen LogP contribution in [0.1, 0.15) is 34.0 Å². The maximum absolute atomic E-state index is 13.4. The van der Waals surface area contributed by atoms with Gasteiger partial charge in [-0.25, -0.2) is 0 Å². The van der Waals surface area contributed by atoms with Gasteiger partial charge < -0.3 is 10.0 Å². The zero-order valence-electron chi connectivity index (χ0n) is 17.7. The Kier molecular flexibility index (Phi) is 7.43. The van der Waals surface area contributed by atoms with Crippen LogP contribution in [0.4, 0.5) is 13.2 Å². The first kappa shape index (κ1) is 24.3. The van der Waals surface area contributed by atoms with Gasteiger partial charge in [0.05, 0.1) is 12.0 Å². The number of aliphatic carboxylic acids is 1. The highest BCUT2D eigenvalue weighted by molar-refractivity contribution is 6.31. The van der Waals surface area contributed by atoms with Crippen LogP contribution in [-0.2, 0) is 23.9 Å². The van der Waals surface area contributed by atoms with Crippen LogP contribution < -0.4 is 0 Å². The van der Waals surface area contributed by atoms with Crippen LogP contribution in [0.25, 0.3) is 11.1 Å². The van der Waals surface area contributed by atoms with Crippen LogP contribution in [0.5, 0.6) is 0 Å². The van der Waals surface area contributed by atoms with Gasteiger partial charge in [0.1, 0.15) is 0 Å². The third-order valence-corrected chi connectivity index (χ3v) is 5.33. The van der Waals surface area contributed by atoms with Crippen molar-refractivity contribution in [3.63, 3.8) is 0 Å². The lowest BCUT2D eigenvalue weighted by molar-refractivity contribution is -0.138. The van der Waals surface area contributed by atoms with Crippen LogP contribution in [0, 0.1) is 0 Å². The summed E-state index contributed by atoms with van der Waals surface area (Å²) in [6.45, 7) is 1.96. The number of carboxylic acids is 1. The van der Waals surface area contributed by atoms with E-state index >= 15 is 0 Å². The van der Waals surface area contributed by atoms with E-state index in [1.54, 1.807) is 49.4 Å². The normalized spacial score (nSPS) is 11.3. The molecule has 0 spiro atoms. The van der Waals surface area contributed by atoms with Crippen molar-refractivity contribution in [2.45, 2.75) is 26.1 Å². The predicted octanol–water partition coefficient (Wildman–Crippen LogP) is 6.32. The third-order valence-electron chi connectivity index (χ3n) is 5.11. The summed E-state index contributed by atoms with van der Waals surface area (Å²) in [4.78, 5) is 25.5. The van der Waals surface area contributed by atoms with Crippen LogP contribution in [0.2, 0.25) is 5.02 Å². The second kappa shape index (κ2) is 10.1. The number of rotatable bonds is 7. The summed E-state index contributed by atoms with van der Waals surface area (Å²) in [5, 5.41) is 9.37. The minimum atomic E-state index is -4.56. The Labute approximate surface area is 194 Å². The summed E-state index contributed by atoms with van der Waals surface area (Å²) in [5.41, 5.74) is 1.21. The topological polar surface area (TPSA) is 57.6 Å². The van der Waals surface area contributed by atoms with E-state index in [2.05, 4.69) is 0 Å². The van der Waals surface area contributed by atoms with Crippen molar-refractivity contribution in [3.8, 4) is 11.1 Å². The number of halogens is 4. The largest absolute Gasteiger partial charge is 0.481 e. The van der Waals surface area contributed by atoms with Crippen LogP contribution >= 0.6 is 11.6 Å². The Bertz CT molecular complexity index is 1160. The standard InChI is InChI=1S/C25H21ClF3NO3/c1-2-30(24(33)17-6-4-3-5-7-17)15-19-13-20(25(27,28)29)8-9-22(19)18-10-16(12-23(31)32)11-21(26)14-18/h3-11,13-14H,2,12,15H2,1H3,(H,31,32). The molecule has 0 aromatic heterocycles. The summed E-state index contributed by atoms with van der Waals surface area (Å²) in [6.07, 6.45) is -4.84. The van der Waals surface area contributed by atoms with Gasteiger partial charge in [0, 0.05) is 23.7 Å². The highest BCUT2D eigenvalue weighted by Crippen LogP contribution is 2.35. The molecule has 4 nitrogen and oxygen atoms in total. The van der Waals surface area contributed by atoms with Crippen molar-refractivity contribution in [2.24, 2.45) is 0 Å². The molecule has 0 saturated carbocycles. The van der Waals surface area contributed by atoms with Gasteiger partial charge in [-0.2, -0.15) is 13.2 Å². The molecule has 8 heteroatoms. The molecule has 0 aliphatic carbocycles. The van der Waals surface area contributed by atoms with E-state index in [9.17, 15) is 22.8 Å². The maximum atomic E-state index is 13.4. The molecule has 0 fully saturated rings. The first-order valence-corrected chi connectivity index (χ1v) is 10.5. The van der Waals surface area contributed by atoms with Gasteiger partial charge in [-0.05, 0) is 65.6 Å². The Morgan fingerprint density at radius 2 is 1.70 bits per heavy atom. The summed E-state index contributed by atoms with van der Waals surface area (Å²) in [6, 6.07) is 16.5. The Morgan fingerprint density at radius 1 is 1.00 bits per heavy atom. The molecule has 3 aromatic rings. The molecule has 0 unspecified atom stereocenters. The lowest BCUT2D eigenvalue weighted by Gasteiger charge is -2.24. The smallest absolute Gasteiger partial charge is 0.416 e. The quantitative estimate of drug-likeness (QED) is 0.435. The predicted molar refractivity (Wildman–Crippen MR) is 120 cm³/mol. The molecule has 0 aliphatic heterocycles. The molecule has 0 radical (unpaired) electrons. The molecular formula is C25H21ClF3NO3. The number of carbonyl (C=O) groups excluding carboxylic acids is 1. The van der Waals surface area contributed by atoms with Gasteiger partial charge in [-0.1, -0.05) is 41.9 Å². The molecule has 0 saturated heterocycles. The number of carboxylic acid groups (broad SMARTS) is 1. The molecule has 0 aliphatic rings. The number of nitrogens with zero attached hydrogens (tertiary/aromatic N) is 1. The zero-order valence-corrected chi connectivity index (χ0v) is 18.5. The minimum absolute atomic E-state index is 0.0652. The van der Waals surface area contributed by atoms with E-state index in [-0.39, 0.29) is 36.0 Å². The SMILES string of the molecule is CCN(Cc1cc(C(F)(F)F)ccc1-c1cc(Cl)cc(CC(=O)O)c1)C(=O)c1ccccc1. The number of alkyl halides is 3. The van der Waals surface area contributed by atoms with Gasteiger partial charge in [0.25, 0.3) is 5.91 Å².